The van der Waals surface area contributed by atoms with Gasteiger partial charge in [-0.05, 0) is 23.5 Å². The Morgan fingerprint density at radius 3 is 2.87 bits per heavy atom. The fourth-order valence-electron chi connectivity index (χ4n) is 3.69. The van der Waals surface area contributed by atoms with Crippen LogP contribution in [0.25, 0.3) is 0 Å². The van der Waals surface area contributed by atoms with E-state index in [2.05, 4.69) is 46.4 Å². The van der Waals surface area contributed by atoms with Gasteiger partial charge in [-0.25, -0.2) is 0 Å². The predicted molar refractivity (Wildman–Crippen MR) is 90.5 cm³/mol. The number of rotatable bonds is 3. The van der Waals surface area contributed by atoms with E-state index in [1.807, 2.05) is 0 Å². The summed E-state index contributed by atoms with van der Waals surface area (Å²) in [6.45, 7) is 4.49. The number of benzene rings is 1. The summed E-state index contributed by atoms with van der Waals surface area (Å²) in [5, 5.41) is 3.48. The Kier molecular flexibility index (Phi) is 4.55. The van der Waals surface area contributed by atoms with Gasteiger partial charge in [0.15, 0.2) is 5.96 Å². The summed E-state index contributed by atoms with van der Waals surface area (Å²) in [5.74, 6) is 1.53. The number of ether oxygens (including phenoxy) is 1. The van der Waals surface area contributed by atoms with E-state index >= 15 is 0 Å². The smallest absolute Gasteiger partial charge is 0.310 e. The molecule has 0 spiro atoms. The Bertz CT molecular complexity index is 614. The maximum atomic E-state index is 11.8. The third kappa shape index (κ3) is 3.05. The largest absolute Gasteiger partial charge is 0.469 e. The van der Waals surface area contributed by atoms with Crippen LogP contribution in [-0.4, -0.2) is 50.6 Å². The molecular formula is C18H25N3O2. The summed E-state index contributed by atoms with van der Waals surface area (Å²) in [6, 6.07) is 8.60. The van der Waals surface area contributed by atoms with Crippen molar-refractivity contribution in [2.75, 3.05) is 33.8 Å². The van der Waals surface area contributed by atoms with E-state index < -0.39 is 0 Å². The highest BCUT2D eigenvalue weighted by Crippen LogP contribution is 2.34. The van der Waals surface area contributed by atoms with Crippen molar-refractivity contribution in [3.05, 3.63) is 35.4 Å². The third-order valence-electron chi connectivity index (χ3n) is 5.10. The molecule has 0 radical (unpaired) electrons. The first kappa shape index (κ1) is 15.8. The maximum Gasteiger partial charge on any atom is 0.310 e. The summed E-state index contributed by atoms with van der Waals surface area (Å²) in [6.07, 6.45) is 1.13. The lowest BCUT2D eigenvalue weighted by molar-refractivity contribution is -0.145. The number of carbonyl (C=O) groups excluding carboxylic acids is 1. The van der Waals surface area contributed by atoms with Crippen molar-refractivity contribution in [3.8, 4) is 0 Å². The molecule has 0 bridgehead atoms. The summed E-state index contributed by atoms with van der Waals surface area (Å²) in [4.78, 5) is 18.4. The molecule has 1 fully saturated rings. The van der Waals surface area contributed by atoms with E-state index in [0.29, 0.717) is 12.5 Å². The van der Waals surface area contributed by atoms with Gasteiger partial charge in [0.1, 0.15) is 0 Å². The van der Waals surface area contributed by atoms with Gasteiger partial charge in [-0.1, -0.05) is 31.2 Å². The molecule has 3 unspecified atom stereocenters. The average Bonchev–Trinajstić information content (AvgIpc) is 2.93. The van der Waals surface area contributed by atoms with E-state index in [4.69, 9.17) is 4.74 Å². The number of methoxy groups -OCH3 is 1. The molecule has 1 saturated heterocycles. The molecule has 5 heteroatoms. The minimum absolute atomic E-state index is 0.0667. The Hall–Kier alpha value is -2.04. The Morgan fingerprint density at radius 2 is 2.17 bits per heavy atom. The van der Waals surface area contributed by atoms with Crippen molar-refractivity contribution in [1.29, 1.82) is 0 Å². The second kappa shape index (κ2) is 6.60. The van der Waals surface area contributed by atoms with Crippen LogP contribution in [0.5, 0.6) is 0 Å². The van der Waals surface area contributed by atoms with Crippen molar-refractivity contribution < 1.29 is 9.53 Å². The number of nitrogens with one attached hydrogen (secondary N) is 1. The first-order valence-corrected chi connectivity index (χ1v) is 8.25. The fraction of sp³-hybridized carbons (Fsp3) is 0.556. The van der Waals surface area contributed by atoms with Gasteiger partial charge in [0.25, 0.3) is 0 Å². The Labute approximate surface area is 137 Å². The van der Waals surface area contributed by atoms with Gasteiger partial charge in [0.2, 0.25) is 0 Å². The van der Waals surface area contributed by atoms with Crippen LogP contribution in [0, 0.1) is 11.8 Å². The summed E-state index contributed by atoms with van der Waals surface area (Å²) in [7, 11) is 3.26. The van der Waals surface area contributed by atoms with Crippen molar-refractivity contribution in [2.24, 2.45) is 16.8 Å². The number of guanidine groups is 1. The molecule has 1 aromatic carbocycles. The molecular weight excluding hydrogens is 290 g/mol. The maximum absolute atomic E-state index is 11.8. The predicted octanol–water partition coefficient (Wildman–Crippen LogP) is 1.64. The van der Waals surface area contributed by atoms with Crippen LogP contribution >= 0.6 is 0 Å². The highest BCUT2D eigenvalue weighted by molar-refractivity contribution is 5.82. The number of likely N-dealkylation sites (tertiary alicyclic amines) is 1. The standard InChI is InChI=1S/C18H25N3O2/c1-12-10-21(11-16(12)17(22)23-3)18(19-2)20-9-14-8-13-6-4-5-7-15(13)14/h4-7,12,14,16H,8-11H2,1-3H3,(H,19,20). The lowest BCUT2D eigenvalue weighted by atomic mass is 9.78. The highest BCUT2D eigenvalue weighted by atomic mass is 16.5. The molecule has 1 aromatic rings. The molecule has 2 aliphatic rings. The average molecular weight is 315 g/mol. The van der Waals surface area contributed by atoms with Crippen LogP contribution in [-0.2, 0) is 16.0 Å². The molecule has 1 heterocycles. The summed E-state index contributed by atoms with van der Waals surface area (Å²) in [5.41, 5.74) is 2.90. The Morgan fingerprint density at radius 1 is 1.39 bits per heavy atom. The molecule has 0 saturated carbocycles. The second-order valence-electron chi connectivity index (χ2n) is 6.54. The molecule has 1 N–H and O–H groups in total. The van der Waals surface area contributed by atoms with Gasteiger partial charge in [0.05, 0.1) is 13.0 Å². The van der Waals surface area contributed by atoms with Gasteiger partial charge < -0.3 is 15.0 Å². The highest BCUT2D eigenvalue weighted by Gasteiger charge is 2.37. The minimum atomic E-state index is -0.122. The monoisotopic (exact) mass is 315 g/mol. The zero-order chi connectivity index (χ0) is 16.4. The summed E-state index contributed by atoms with van der Waals surface area (Å²) >= 11 is 0. The van der Waals surface area contributed by atoms with Gasteiger partial charge in [-0.2, -0.15) is 0 Å². The number of aliphatic imine (C=N–C) groups is 1. The number of carbonyl (C=O) groups is 1. The molecule has 3 rings (SSSR count). The van der Waals surface area contributed by atoms with Crippen LogP contribution in [0.3, 0.4) is 0 Å². The van der Waals surface area contributed by atoms with Crippen molar-refractivity contribution in [2.45, 2.75) is 19.3 Å². The zero-order valence-corrected chi connectivity index (χ0v) is 14.1. The van der Waals surface area contributed by atoms with E-state index in [-0.39, 0.29) is 17.8 Å². The van der Waals surface area contributed by atoms with Crippen molar-refractivity contribution in [3.63, 3.8) is 0 Å². The van der Waals surface area contributed by atoms with Crippen LogP contribution in [0.4, 0.5) is 0 Å². The van der Waals surface area contributed by atoms with Crippen LogP contribution in [0.2, 0.25) is 0 Å². The lowest BCUT2D eigenvalue weighted by Gasteiger charge is -2.32. The van der Waals surface area contributed by atoms with Gasteiger partial charge in [-0.3, -0.25) is 9.79 Å². The van der Waals surface area contributed by atoms with E-state index in [1.165, 1.54) is 18.2 Å². The quantitative estimate of drug-likeness (QED) is 0.523. The minimum Gasteiger partial charge on any atom is -0.469 e. The number of hydrogen-bond donors (Lipinski definition) is 1. The fourth-order valence-corrected chi connectivity index (χ4v) is 3.69. The molecule has 3 atom stereocenters. The Balaban J connectivity index is 1.57. The van der Waals surface area contributed by atoms with Crippen molar-refractivity contribution >= 4 is 11.9 Å². The number of nitrogens with zero attached hydrogens (tertiary/aromatic N) is 2. The second-order valence-corrected chi connectivity index (χ2v) is 6.54. The zero-order valence-electron chi connectivity index (χ0n) is 14.1. The van der Waals surface area contributed by atoms with Crippen LogP contribution < -0.4 is 5.32 Å². The van der Waals surface area contributed by atoms with Crippen LogP contribution in [0.1, 0.15) is 24.0 Å². The topological polar surface area (TPSA) is 53.9 Å². The van der Waals surface area contributed by atoms with E-state index in [1.54, 1.807) is 7.05 Å². The molecule has 23 heavy (non-hydrogen) atoms. The molecule has 1 aliphatic heterocycles. The third-order valence-corrected chi connectivity index (χ3v) is 5.10. The van der Waals surface area contributed by atoms with Crippen molar-refractivity contribution in [1.82, 2.24) is 10.2 Å². The first-order valence-electron chi connectivity index (χ1n) is 8.25. The van der Waals surface area contributed by atoms with E-state index in [9.17, 15) is 4.79 Å². The molecule has 0 aromatic heterocycles. The SMILES string of the molecule is CN=C(NCC1Cc2ccccc21)N1CC(C)C(C(=O)OC)C1. The molecule has 5 nitrogen and oxygen atoms in total. The number of esters is 1. The first-order chi connectivity index (χ1) is 11.1. The van der Waals surface area contributed by atoms with Gasteiger partial charge in [0, 0.05) is 32.6 Å². The molecule has 1 aliphatic carbocycles. The van der Waals surface area contributed by atoms with Crippen LogP contribution in [0.15, 0.2) is 29.3 Å². The van der Waals surface area contributed by atoms with Gasteiger partial charge in [-0.15, -0.1) is 0 Å². The molecule has 124 valence electrons. The lowest BCUT2D eigenvalue weighted by Crippen LogP contribution is -2.43. The number of hydrogen-bond acceptors (Lipinski definition) is 3. The van der Waals surface area contributed by atoms with E-state index in [0.717, 1.165) is 25.5 Å². The van der Waals surface area contributed by atoms with Gasteiger partial charge >= 0.3 is 5.97 Å². The normalized spacial score (nSPS) is 26.5. The molecule has 0 amide bonds. The number of fused-ring (bicyclic) bond motifs is 1. The summed E-state index contributed by atoms with van der Waals surface area (Å²) < 4.78 is 4.90.